The van der Waals surface area contributed by atoms with Crippen molar-refractivity contribution in [2.75, 3.05) is 22.9 Å². The fourth-order valence-corrected chi connectivity index (χ4v) is 9.03. The highest BCUT2D eigenvalue weighted by Gasteiger charge is 2.52. The number of thiazole rings is 1. The molecule has 2 unspecified atom stereocenters. The number of pyridine rings is 1. The van der Waals surface area contributed by atoms with Gasteiger partial charge in [0.25, 0.3) is 5.91 Å². The van der Waals surface area contributed by atoms with Gasteiger partial charge in [-0.15, -0.1) is 11.3 Å². The normalized spacial score (nSPS) is 16.0. The van der Waals surface area contributed by atoms with E-state index in [0.29, 0.717) is 15.8 Å². The minimum Gasteiger partial charge on any atom is -0.476 e. The van der Waals surface area contributed by atoms with Crippen LogP contribution >= 0.6 is 46.3 Å². The van der Waals surface area contributed by atoms with Gasteiger partial charge >= 0.3 is 0 Å². The molecule has 0 bridgehead atoms. The number of hydrogen-bond donors (Lipinski definition) is 0. The summed E-state index contributed by atoms with van der Waals surface area (Å²) in [4.78, 5) is 28.5. The molecule has 0 radical (unpaired) electrons. The molecule has 1 saturated heterocycles. The first-order valence-corrected chi connectivity index (χ1v) is 18.5. The van der Waals surface area contributed by atoms with E-state index in [2.05, 4.69) is 67.3 Å². The average molecular weight is 722 g/mol. The van der Waals surface area contributed by atoms with Crippen LogP contribution in [-0.4, -0.2) is 35.1 Å². The minimum absolute atomic E-state index is 0.166. The molecule has 10 heteroatoms. The molecule has 8 rings (SSSR count). The first kappa shape index (κ1) is 31.9. The molecule has 6 nitrogen and oxygen atoms in total. The average Bonchev–Trinajstić information content (AvgIpc) is 3.53. The van der Waals surface area contributed by atoms with Crippen molar-refractivity contribution < 1.29 is 9.53 Å². The Morgan fingerprint density at radius 2 is 1.61 bits per heavy atom. The maximum absolute atomic E-state index is 14.2. The first-order chi connectivity index (χ1) is 23.9. The molecule has 2 aromatic heterocycles. The second-order valence-corrected chi connectivity index (χ2v) is 14.9. The number of halogens is 2. The molecule has 7 aromatic rings. The molecule has 1 fully saturated rings. The van der Waals surface area contributed by atoms with E-state index in [0.717, 1.165) is 71.3 Å². The zero-order valence-electron chi connectivity index (χ0n) is 26.6. The zero-order chi connectivity index (χ0) is 33.6. The van der Waals surface area contributed by atoms with Crippen LogP contribution in [-0.2, 0) is 4.79 Å². The summed E-state index contributed by atoms with van der Waals surface area (Å²) in [5, 5.41) is 4.74. The summed E-state index contributed by atoms with van der Waals surface area (Å²) in [6.07, 6.45) is -0.851. The van der Waals surface area contributed by atoms with Crippen LogP contribution in [0.2, 0.25) is 10.0 Å². The van der Waals surface area contributed by atoms with E-state index in [-0.39, 0.29) is 5.91 Å². The van der Waals surface area contributed by atoms with Crippen molar-refractivity contribution in [2.45, 2.75) is 35.4 Å². The standard InChI is InChI=1S/C39H30Cl2N4O2S2/c1-3-44(4-2)26-16-18-27(19-17-26)45-35(36(38(45)46)47-32-20-15-25(40)22-30(32)41)29-21-24-14-13-23-9-5-6-10-28(23)34(24)43-37(29)49-39-42-31-11-7-8-12-33(31)48-39/h5-22,35-36H,3-4H2,1-2H3. The van der Waals surface area contributed by atoms with Gasteiger partial charge in [0.1, 0.15) is 16.8 Å². The number of amides is 1. The number of carbonyl (C=O) groups excluding carboxylic acids is 1. The Hall–Kier alpha value is -4.34. The number of ether oxygens (including phenoxy) is 1. The second-order valence-electron chi connectivity index (χ2n) is 11.7. The number of hydrogen-bond acceptors (Lipinski definition) is 7. The monoisotopic (exact) mass is 720 g/mol. The van der Waals surface area contributed by atoms with E-state index < -0.39 is 12.1 Å². The topological polar surface area (TPSA) is 58.6 Å². The Morgan fingerprint density at radius 3 is 2.39 bits per heavy atom. The van der Waals surface area contributed by atoms with E-state index in [9.17, 15) is 4.79 Å². The molecule has 3 heterocycles. The number of rotatable bonds is 9. The van der Waals surface area contributed by atoms with E-state index in [1.54, 1.807) is 29.5 Å². The summed E-state index contributed by atoms with van der Waals surface area (Å²) in [7, 11) is 0. The van der Waals surface area contributed by atoms with Gasteiger partial charge in [-0.05, 0) is 91.7 Å². The fraction of sp³-hybridized carbons (Fsp3) is 0.154. The van der Waals surface area contributed by atoms with Crippen molar-refractivity contribution >= 4 is 95.5 Å². The van der Waals surface area contributed by atoms with Crippen molar-refractivity contribution in [3.05, 3.63) is 125 Å². The molecule has 5 aromatic carbocycles. The third-order valence-electron chi connectivity index (χ3n) is 8.93. The summed E-state index contributed by atoms with van der Waals surface area (Å²) in [6.45, 7) is 6.05. The number of anilines is 2. The number of aromatic nitrogens is 2. The van der Waals surface area contributed by atoms with Gasteiger partial charge in [-0.1, -0.05) is 71.7 Å². The lowest BCUT2D eigenvalue weighted by atomic mass is 9.89. The molecule has 0 spiro atoms. The molecule has 1 amide bonds. The van der Waals surface area contributed by atoms with Crippen LogP contribution in [0.5, 0.6) is 5.75 Å². The Bertz CT molecular complexity index is 2330. The van der Waals surface area contributed by atoms with Crippen LogP contribution in [0.4, 0.5) is 11.4 Å². The maximum Gasteiger partial charge on any atom is 0.271 e. The highest BCUT2D eigenvalue weighted by atomic mass is 35.5. The largest absolute Gasteiger partial charge is 0.476 e. The number of β-lactam (4-membered cyclic amide) rings is 1. The number of fused-ring (bicyclic) bond motifs is 4. The fourth-order valence-electron chi connectivity index (χ4n) is 6.47. The van der Waals surface area contributed by atoms with Gasteiger partial charge in [-0.2, -0.15) is 0 Å². The summed E-state index contributed by atoms with van der Waals surface area (Å²) in [5.41, 5.74) is 4.59. The van der Waals surface area contributed by atoms with Crippen molar-refractivity contribution in [2.24, 2.45) is 0 Å². The van der Waals surface area contributed by atoms with Gasteiger partial charge in [0.2, 0.25) is 6.10 Å². The Labute approximate surface area is 302 Å². The molecule has 2 atom stereocenters. The van der Waals surface area contributed by atoms with Crippen molar-refractivity contribution in [1.82, 2.24) is 9.97 Å². The van der Waals surface area contributed by atoms with Crippen LogP contribution in [0, 0.1) is 0 Å². The molecular weight excluding hydrogens is 691 g/mol. The van der Waals surface area contributed by atoms with Gasteiger partial charge in [0, 0.05) is 45.8 Å². The summed E-state index contributed by atoms with van der Waals surface area (Å²) in [5.74, 6) is 0.229. The third-order valence-corrected chi connectivity index (χ3v) is 11.6. The van der Waals surface area contributed by atoms with E-state index >= 15 is 0 Å². The summed E-state index contributed by atoms with van der Waals surface area (Å²) >= 11 is 15.9. The van der Waals surface area contributed by atoms with Crippen molar-refractivity contribution in [3.63, 3.8) is 0 Å². The number of nitrogens with zero attached hydrogens (tertiary/aromatic N) is 4. The molecule has 244 valence electrons. The van der Waals surface area contributed by atoms with Gasteiger partial charge < -0.3 is 9.64 Å². The first-order valence-electron chi connectivity index (χ1n) is 16.1. The molecule has 49 heavy (non-hydrogen) atoms. The van der Waals surface area contributed by atoms with Gasteiger partial charge in [0.15, 0.2) is 4.34 Å². The molecule has 0 aliphatic carbocycles. The van der Waals surface area contributed by atoms with E-state index in [1.807, 2.05) is 47.4 Å². The Morgan fingerprint density at radius 1 is 0.857 bits per heavy atom. The number of para-hydroxylation sites is 1. The lowest BCUT2D eigenvalue weighted by Gasteiger charge is -2.47. The van der Waals surface area contributed by atoms with Crippen LogP contribution in [0.25, 0.3) is 31.9 Å². The van der Waals surface area contributed by atoms with Gasteiger partial charge in [-0.3, -0.25) is 9.69 Å². The Balaban J connectivity index is 1.29. The van der Waals surface area contributed by atoms with Crippen molar-refractivity contribution in [1.29, 1.82) is 0 Å². The van der Waals surface area contributed by atoms with Crippen molar-refractivity contribution in [3.8, 4) is 5.75 Å². The predicted molar refractivity (Wildman–Crippen MR) is 204 cm³/mol. The van der Waals surface area contributed by atoms with Gasteiger partial charge in [0.05, 0.1) is 20.8 Å². The minimum atomic E-state index is -0.851. The quantitative estimate of drug-likeness (QED) is 0.109. The number of benzene rings is 5. The molecular formula is C39H30Cl2N4O2S2. The highest BCUT2D eigenvalue weighted by molar-refractivity contribution is 8.01. The molecule has 1 aliphatic rings. The van der Waals surface area contributed by atoms with Gasteiger partial charge in [-0.25, -0.2) is 9.97 Å². The molecule has 0 N–H and O–H groups in total. The van der Waals surface area contributed by atoms with Crippen LogP contribution in [0.15, 0.2) is 119 Å². The van der Waals surface area contributed by atoms with Crippen LogP contribution in [0.1, 0.15) is 25.5 Å². The van der Waals surface area contributed by atoms with E-state index in [4.69, 9.17) is 37.9 Å². The smallest absolute Gasteiger partial charge is 0.271 e. The van der Waals surface area contributed by atoms with E-state index in [1.165, 1.54) is 11.8 Å². The summed E-state index contributed by atoms with van der Waals surface area (Å²) in [6, 6.07) is 35.4. The lowest BCUT2D eigenvalue weighted by Crippen LogP contribution is -2.61. The van der Waals surface area contributed by atoms with Crippen LogP contribution in [0.3, 0.4) is 0 Å². The zero-order valence-corrected chi connectivity index (χ0v) is 29.8. The lowest BCUT2D eigenvalue weighted by molar-refractivity contribution is -0.135. The SMILES string of the molecule is CCN(CC)c1ccc(N2C(=O)C(Oc3ccc(Cl)cc3Cl)C2c2cc3ccc4ccccc4c3nc2Sc2nc3ccccc3s2)cc1. The molecule has 0 saturated carbocycles. The second kappa shape index (κ2) is 13.2. The number of carbonyl (C=O) groups is 1. The molecule has 1 aliphatic heterocycles. The Kier molecular flexibility index (Phi) is 8.58. The summed E-state index contributed by atoms with van der Waals surface area (Å²) < 4.78 is 8.43. The maximum atomic E-state index is 14.2. The van der Waals surface area contributed by atoms with Crippen LogP contribution < -0.4 is 14.5 Å². The highest BCUT2D eigenvalue weighted by Crippen LogP contribution is 2.48. The third kappa shape index (κ3) is 5.87. The predicted octanol–water partition coefficient (Wildman–Crippen LogP) is 10.8.